The first-order valence-corrected chi connectivity index (χ1v) is 6.43. The lowest BCUT2D eigenvalue weighted by molar-refractivity contribution is -0.274. The molecule has 3 rings (SSSR count). The molecule has 0 radical (unpaired) electrons. The summed E-state index contributed by atoms with van der Waals surface area (Å²) in [6.07, 6.45) is -2.27. The molecule has 3 aromatic rings. The zero-order valence-electron chi connectivity index (χ0n) is 9.44. The Bertz CT molecular complexity index is 755. The number of alkyl halides is 3. The third kappa shape index (κ3) is 2.32. The highest BCUT2D eigenvalue weighted by atomic mass is 35.5. The average Bonchev–Trinajstić information content (AvgIpc) is 3.01. The van der Waals surface area contributed by atoms with Gasteiger partial charge in [0.05, 0.1) is 10.6 Å². The summed E-state index contributed by atoms with van der Waals surface area (Å²) in [5, 5.41) is 2.08. The number of hydrogen-bond donors (Lipinski definition) is 0. The van der Waals surface area contributed by atoms with Crippen molar-refractivity contribution in [2.75, 3.05) is 0 Å². The van der Waals surface area contributed by atoms with Gasteiger partial charge < -0.3 is 9.15 Å². The van der Waals surface area contributed by atoms with Gasteiger partial charge in [0.25, 0.3) is 0 Å². The number of fused-ring (bicyclic) bond motifs is 1. The number of benzene rings is 1. The summed E-state index contributed by atoms with van der Waals surface area (Å²) in [5.41, 5.74) is 0.510. The first-order valence-electron chi connectivity index (χ1n) is 5.17. The van der Waals surface area contributed by atoms with Gasteiger partial charge in [0.2, 0.25) is 0 Å². The molecule has 9 heteroatoms. The number of ether oxygens (including phenoxy) is 1. The van der Waals surface area contributed by atoms with Crippen LogP contribution in [0.15, 0.2) is 28.5 Å². The van der Waals surface area contributed by atoms with Crippen molar-refractivity contribution in [1.82, 2.24) is 9.97 Å². The van der Waals surface area contributed by atoms with Crippen LogP contribution in [0.1, 0.15) is 0 Å². The highest BCUT2D eigenvalue weighted by Gasteiger charge is 2.34. The van der Waals surface area contributed by atoms with E-state index in [2.05, 4.69) is 14.7 Å². The molecule has 20 heavy (non-hydrogen) atoms. The predicted octanol–water partition coefficient (Wildman–Crippen LogP) is 4.50. The van der Waals surface area contributed by atoms with Crippen LogP contribution in [0.3, 0.4) is 0 Å². The zero-order valence-corrected chi connectivity index (χ0v) is 11.0. The summed E-state index contributed by atoms with van der Waals surface area (Å²) in [4.78, 5) is 7.81. The first-order chi connectivity index (χ1) is 9.46. The van der Waals surface area contributed by atoms with Gasteiger partial charge >= 0.3 is 6.36 Å². The molecule has 0 saturated heterocycles. The smallest absolute Gasteiger partial charge is 0.443 e. The van der Waals surface area contributed by atoms with Crippen molar-refractivity contribution in [3.05, 3.63) is 29.1 Å². The number of rotatable bonds is 2. The van der Waals surface area contributed by atoms with E-state index in [-0.39, 0.29) is 16.1 Å². The van der Waals surface area contributed by atoms with E-state index in [1.165, 1.54) is 17.4 Å². The van der Waals surface area contributed by atoms with E-state index in [4.69, 9.17) is 16.0 Å². The molecule has 0 bridgehead atoms. The quantitative estimate of drug-likeness (QED) is 0.697. The van der Waals surface area contributed by atoms with Crippen molar-refractivity contribution >= 4 is 34.0 Å². The van der Waals surface area contributed by atoms with Crippen LogP contribution in [0.25, 0.3) is 21.7 Å². The molecule has 0 amide bonds. The number of oxazole rings is 1. The van der Waals surface area contributed by atoms with Crippen LogP contribution in [0.5, 0.6) is 5.75 Å². The van der Waals surface area contributed by atoms with Gasteiger partial charge in [0.1, 0.15) is 5.01 Å². The lowest BCUT2D eigenvalue weighted by atomic mass is 10.2. The van der Waals surface area contributed by atoms with Gasteiger partial charge in [-0.2, -0.15) is 0 Å². The van der Waals surface area contributed by atoms with E-state index in [1.807, 2.05) is 0 Å². The second-order valence-electron chi connectivity index (χ2n) is 3.65. The number of halogens is 4. The average molecular weight is 321 g/mol. The van der Waals surface area contributed by atoms with E-state index in [0.29, 0.717) is 10.6 Å². The Balaban J connectivity index is 2.23. The molecule has 0 unspecified atom stereocenters. The molecule has 4 nitrogen and oxygen atoms in total. The molecule has 0 aliphatic rings. The molecule has 0 atom stereocenters. The van der Waals surface area contributed by atoms with Gasteiger partial charge in [-0.05, 0) is 6.07 Å². The topological polar surface area (TPSA) is 48.2 Å². The molecule has 0 aliphatic heterocycles. The maximum Gasteiger partial charge on any atom is 0.573 e. The van der Waals surface area contributed by atoms with E-state index in [0.717, 1.165) is 6.39 Å². The van der Waals surface area contributed by atoms with Crippen LogP contribution in [-0.4, -0.2) is 16.3 Å². The number of aromatic nitrogens is 2. The fourth-order valence-corrected chi connectivity index (χ4v) is 2.59. The first kappa shape index (κ1) is 13.2. The van der Waals surface area contributed by atoms with Crippen LogP contribution >= 0.6 is 22.9 Å². The Labute approximate surface area is 118 Å². The maximum absolute atomic E-state index is 12.4. The summed E-state index contributed by atoms with van der Waals surface area (Å²) < 4.78 is 46.2. The van der Waals surface area contributed by atoms with Gasteiger partial charge in [0, 0.05) is 11.6 Å². The van der Waals surface area contributed by atoms with E-state index in [9.17, 15) is 13.2 Å². The highest BCUT2D eigenvalue weighted by molar-refractivity contribution is 7.13. The number of nitrogens with zero attached hydrogens (tertiary/aromatic N) is 2. The summed E-state index contributed by atoms with van der Waals surface area (Å²) >= 11 is 7.16. The molecule has 1 aromatic carbocycles. The van der Waals surface area contributed by atoms with Crippen LogP contribution in [0.4, 0.5) is 13.2 Å². The van der Waals surface area contributed by atoms with Crippen LogP contribution in [0, 0.1) is 0 Å². The van der Waals surface area contributed by atoms with Crippen molar-refractivity contribution in [2.45, 2.75) is 6.36 Å². The van der Waals surface area contributed by atoms with E-state index in [1.54, 1.807) is 11.6 Å². The van der Waals surface area contributed by atoms with Gasteiger partial charge in [-0.3, -0.25) is 0 Å². The molecule has 2 aromatic heterocycles. The summed E-state index contributed by atoms with van der Waals surface area (Å²) in [6.45, 7) is 0. The minimum absolute atomic E-state index is 0.0972. The molecule has 0 saturated carbocycles. The predicted molar refractivity (Wildman–Crippen MR) is 66.8 cm³/mol. The van der Waals surface area contributed by atoms with E-state index < -0.39 is 12.1 Å². The van der Waals surface area contributed by atoms with Crippen molar-refractivity contribution in [3.8, 4) is 16.3 Å². The molecular formula is C11H4ClF3N2O2S. The molecule has 104 valence electrons. The molecule has 0 spiro atoms. The molecule has 0 aliphatic carbocycles. The number of hydrogen-bond acceptors (Lipinski definition) is 5. The van der Waals surface area contributed by atoms with Crippen molar-refractivity contribution in [1.29, 1.82) is 0 Å². The number of thiazole rings is 1. The van der Waals surface area contributed by atoms with Gasteiger partial charge in [0.15, 0.2) is 23.2 Å². The van der Waals surface area contributed by atoms with Crippen LogP contribution in [-0.2, 0) is 0 Å². The Hall–Kier alpha value is -1.80. The van der Waals surface area contributed by atoms with Gasteiger partial charge in [-0.1, -0.05) is 11.6 Å². The van der Waals surface area contributed by atoms with Crippen molar-refractivity contribution < 1.29 is 22.3 Å². The van der Waals surface area contributed by atoms with E-state index >= 15 is 0 Å². The second kappa shape index (κ2) is 4.64. The minimum Gasteiger partial charge on any atom is -0.443 e. The van der Waals surface area contributed by atoms with Gasteiger partial charge in [-0.25, -0.2) is 9.97 Å². The third-order valence-electron chi connectivity index (χ3n) is 2.40. The second-order valence-corrected chi connectivity index (χ2v) is 4.95. The maximum atomic E-state index is 12.4. The SMILES string of the molecule is FC(F)(F)Oc1c(Cl)cc(-c2nccs2)c2ocnc12. The fourth-order valence-electron chi connectivity index (χ4n) is 1.70. The lowest BCUT2D eigenvalue weighted by Crippen LogP contribution is -2.17. The Kier molecular flexibility index (Phi) is 3.06. The summed E-state index contributed by atoms with van der Waals surface area (Å²) in [5.74, 6) is -0.580. The fraction of sp³-hybridized carbons (Fsp3) is 0.0909. The molecular weight excluding hydrogens is 317 g/mol. The summed E-state index contributed by atoms with van der Waals surface area (Å²) in [7, 11) is 0. The Morgan fingerprint density at radius 2 is 2.10 bits per heavy atom. The standard InChI is InChI=1S/C11H4ClF3N2O2S/c12-6-3-5(10-16-1-2-20-10)8-7(17-4-18-8)9(6)19-11(13,14)15/h1-4H. The monoisotopic (exact) mass is 320 g/mol. The molecule has 0 fully saturated rings. The normalized spacial score (nSPS) is 12.0. The molecule has 0 N–H and O–H groups in total. The lowest BCUT2D eigenvalue weighted by Gasteiger charge is -2.11. The Morgan fingerprint density at radius 1 is 1.30 bits per heavy atom. The minimum atomic E-state index is -4.86. The largest absolute Gasteiger partial charge is 0.573 e. The molecule has 2 heterocycles. The van der Waals surface area contributed by atoms with Crippen molar-refractivity contribution in [2.24, 2.45) is 0 Å². The van der Waals surface area contributed by atoms with Crippen LogP contribution in [0.2, 0.25) is 5.02 Å². The van der Waals surface area contributed by atoms with Gasteiger partial charge in [-0.15, -0.1) is 24.5 Å². The third-order valence-corrected chi connectivity index (χ3v) is 3.48. The van der Waals surface area contributed by atoms with Crippen molar-refractivity contribution in [3.63, 3.8) is 0 Å². The highest BCUT2D eigenvalue weighted by Crippen LogP contribution is 2.41. The summed E-state index contributed by atoms with van der Waals surface area (Å²) in [6, 6.07) is 1.31. The zero-order chi connectivity index (χ0) is 14.3. The van der Waals surface area contributed by atoms with Crippen LogP contribution < -0.4 is 4.74 Å². The Morgan fingerprint density at radius 3 is 2.75 bits per heavy atom.